The van der Waals surface area contributed by atoms with Crippen LogP contribution >= 0.6 is 0 Å². The molecule has 1 saturated heterocycles. The lowest BCUT2D eigenvalue weighted by Gasteiger charge is -2.18. The van der Waals surface area contributed by atoms with Gasteiger partial charge in [0.1, 0.15) is 0 Å². The fourth-order valence-corrected chi connectivity index (χ4v) is 2.34. The first-order valence-corrected chi connectivity index (χ1v) is 7.41. The zero-order valence-electron chi connectivity index (χ0n) is 12.1. The van der Waals surface area contributed by atoms with E-state index in [1.54, 1.807) is 0 Å². The van der Waals surface area contributed by atoms with E-state index in [1.807, 2.05) is 18.2 Å². The summed E-state index contributed by atoms with van der Waals surface area (Å²) in [6.07, 6.45) is 1.92. The van der Waals surface area contributed by atoms with Crippen LogP contribution in [0.2, 0.25) is 0 Å². The minimum atomic E-state index is -0.484. The molecular weight excluding hydrogens is 254 g/mol. The molecule has 0 aliphatic carbocycles. The van der Waals surface area contributed by atoms with Crippen molar-refractivity contribution in [2.45, 2.75) is 38.0 Å². The van der Waals surface area contributed by atoms with Crippen molar-refractivity contribution in [2.75, 3.05) is 26.4 Å². The number of aliphatic hydroxyl groups is 1. The van der Waals surface area contributed by atoms with Gasteiger partial charge in [0, 0.05) is 19.2 Å². The van der Waals surface area contributed by atoms with E-state index in [0.717, 1.165) is 19.4 Å². The van der Waals surface area contributed by atoms with E-state index >= 15 is 0 Å². The molecule has 1 aliphatic heterocycles. The van der Waals surface area contributed by atoms with Gasteiger partial charge in [0.25, 0.3) is 0 Å². The fraction of sp³-hybridized carbons (Fsp3) is 0.625. The Morgan fingerprint density at radius 2 is 2.20 bits per heavy atom. The second-order valence-electron chi connectivity index (χ2n) is 5.37. The smallest absolute Gasteiger partial charge is 0.0897 e. The first-order chi connectivity index (χ1) is 9.75. The van der Waals surface area contributed by atoms with Gasteiger partial charge in [0.2, 0.25) is 0 Å². The minimum Gasteiger partial charge on any atom is -0.389 e. The topological polar surface area (TPSA) is 50.7 Å². The van der Waals surface area contributed by atoms with E-state index in [4.69, 9.17) is 9.47 Å². The maximum Gasteiger partial charge on any atom is 0.0897 e. The standard InChI is InChI=1S/C16H25NO3/c1-13(14-6-3-2-4-7-14)17-10-15(18)11-19-12-16-8-5-9-20-16/h2-4,6-7,13,15-18H,5,8-12H2,1H3/t13-,15?,16?/m0/s1. The maximum atomic E-state index is 9.89. The average molecular weight is 279 g/mol. The molecule has 1 aromatic rings. The van der Waals surface area contributed by atoms with Gasteiger partial charge in [-0.05, 0) is 25.3 Å². The van der Waals surface area contributed by atoms with Gasteiger partial charge in [-0.1, -0.05) is 30.3 Å². The third kappa shape index (κ3) is 5.21. The molecule has 0 saturated carbocycles. The molecule has 2 rings (SSSR count). The normalized spacial score (nSPS) is 21.8. The zero-order chi connectivity index (χ0) is 14.2. The van der Waals surface area contributed by atoms with Crippen LogP contribution in [0, 0.1) is 0 Å². The van der Waals surface area contributed by atoms with Crippen molar-refractivity contribution >= 4 is 0 Å². The molecule has 0 radical (unpaired) electrons. The summed E-state index contributed by atoms with van der Waals surface area (Å²) in [6, 6.07) is 10.4. The van der Waals surface area contributed by atoms with E-state index in [-0.39, 0.29) is 12.1 Å². The van der Waals surface area contributed by atoms with E-state index < -0.39 is 6.10 Å². The van der Waals surface area contributed by atoms with Crippen molar-refractivity contribution in [3.8, 4) is 0 Å². The molecule has 1 aromatic carbocycles. The van der Waals surface area contributed by atoms with Gasteiger partial charge in [-0.2, -0.15) is 0 Å². The molecule has 20 heavy (non-hydrogen) atoms. The van der Waals surface area contributed by atoms with Crippen LogP contribution in [0.5, 0.6) is 0 Å². The molecule has 112 valence electrons. The highest BCUT2D eigenvalue weighted by molar-refractivity contribution is 5.17. The average Bonchev–Trinajstić information content (AvgIpc) is 2.99. The van der Waals surface area contributed by atoms with Crippen LogP contribution in [0.3, 0.4) is 0 Å². The number of benzene rings is 1. The molecule has 2 N–H and O–H groups in total. The van der Waals surface area contributed by atoms with Gasteiger partial charge < -0.3 is 19.9 Å². The number of nitrogens with one attached hydrogen (secondary N) is 1. The molecule has 4 heteroatoms. The van der Waals surface area contributed by atoms with Crippen molar-refractivity contribution in [3.63, 3.8) is 0 Å². The molecule has 0 amide bonds. The lowest BCUT2D eigenvalue weighted by molar-refractivity contribution is -0.0168. The lowest BCUT2D eigenvalue weighted by atomic mass is 10.1. The minimum absolute atomic E-state index is 0.221. The van der Waals surface area contributed by atoms with Crippen LogP contribution in [0.4, 0.5) is 0 Å². The monoisotopic (exact) mass is 279 g/mol. The first kappa shape index (κ1) is 15.4. The number of ether oxygens (including phenoxy) is 2. The fourth-order valence-electron chi connectivity index (χ4n) is 2.34. The van der Waals surface area contributed by atoms with Gasteiger partial charge in [0.05, 0.1) is 25.4 Å². The summed E-state index contributed by atoms with van der Waals surface area (Å²) in [6.45, 7) is 4.41. The third-order valence-electron chi connectivity index (χ3n) is 3.60. The van der Waals surface area contributed by atoms with E-state index in [2.05, 4.69) is 24.4 Å². The van der Waals surface area contributed by atoms with E-state index in [9.17, 15) is 5.11 Å². The molecule has 0 spiro atoms. The summed E-state index contributed by atoms with van der Waals surface area (Å²) in [4.78, 5) is 0. The third-order valence-corrected chi connectivity index (χ3v) is 3.60. The Morgan fingerprint density at radius 1 is 1.40 bits per heavy atom. The van der Waals surface area contributed by atoms with Gasteiger partial charge in [0.15, 0.2) is 0 Å². The van der Waals surface area contributed by atoms with Crippen molar-refractivity contribution in [1.29, 1.82) is 0 Å². The Bertz CT molecular complexity index is 365. The summed E-state index contributed by atoms with van der Waals surface area (Å²) in [7, 11) is 0. The van der Waals surface area contributed by atoms with Crippen LogP contribution in [-0.2, 0) is 9.47 Å². The Balaban J connectivity index is 1.58. The summed E-state index contributed by atoms with van der Waals surface area (Å²) >= 11 is 0. The molecule has 2 unspecified atom stereocenters. The van der Waals surface area contributed by atoms with Gasteiger partial charge in [-0.15, -0.1) is 0 Å². The molecule has 1 heterocycles. The molecule has 1 aliphatic rings. The zero-order valence-corrected chi connectivity index (χ0v) is 12.1. The summed E-state index contributed by atoms with van der Waals surface area (Å²) in [5, 5.41) is 13.2. The first-order valence-electron chi connectivity index (χ1n) is 7.41. The molecule has 3 atom stereocenters. The molecule has 4 nitrogen and oxygen atoms in total. The van der Waals surface area contributed by atoms with Gasteiger partial charge >= 0.3 is 0 Å². The van der Waals surface area contributed by atoms with Crippen molar-refractivity contribution < 1.29 is 14.6 Å². The van der Waals surface area contributed by atoms with E-state index in [1.165, 1.54) is 5.56 Å². The number of aliphatic hydroxyl groups excluding tert-OH is 1. The summed E-state index contributed by atoms with van der Waals surface area (Å²) < 4.78 is 11.0. The lowest BCUT2D eigenvalue weighted by Crippen LogP contribution is -2.33. The molecule has 0 aromatic heterocycles. The Hall–Kier alpha value is -0.940. The van der Waals surface area contributed by atoms with Gasteiger partial charge in [-0.3, -0.25) is 0 Å². The molecule has 1 fully saturated rings. The highest BCUT2D eigenvalue weighted by atomic mass is 16.5. The number of hydrogen-bond acceptors (Lipinski definition) is 4. The van der Waals surface area contributed by atoms with E-state index in [0.29, 0.717) is 19.8 Å². The number of hydrogen-bond donors (Lipinski definition) is 2. The number of rotatable bonds is 8. The highest BCUT2D eigenvalue weighted by Crippen LogP contribution is 2.12. The van der Waals surface area contributed by atoms with Crippen molar-refractivity contribution in [1.82, 2.24) is 5.32 Å². The molecular formula is C16H25NO3. The Morgan fingerprint density at radius 3 is 2.90 bits per heavy atom. The Kier molecular flexibility index (Phi) is 6.47. The highest BCUT2D eigenvalue weighted by Gasteiger charge is 2.16. The van der Waals surface area contributed by atoms with Crippen LogP contribution in [0.25, 0.3) is 0 Å². The SMILES string of the molecule is C[C@H](NCC(O)COCC1CCCO1)c1ccccc1. The second kappa shape index (κ2) is 8.37. The molecule has 0 bridgehead atoms. The van der Waals surface area contributed by atoms with Crippen molar-refractivity contribution in [2.24, 2.45) is 0 Å². The van der Waals surface area contributed by atoms with Crippen LogP contribution < -0.4 is 5.32 Å². The second-order valence-corrected chi connectivity index (χ2v) is 5.37. The van der Waals surface area contributed by atoms with Crippen LogP contribution in [0.1, 0.15) is 31.4 Å². The van der Waals surface area contributed by atoms with Crippen molar-refractivity contribution in [3.05, 3.63) is 35.9 Å². The largest absolute Gasteiger partial charge is 0.389 e. The maximum absolute atomic E-state index is 9.89. The van der Waals surface area contributed by atoms with Crippen LogP contribution in [-0.4, -0.2) is 43.7 Å². The Labute approximate surface area is 121 Å². The predicted molar refractivity (Wildman–Crippen MR) is 78.7 cm³/mol. The van der Waals surface area contributed by atoms with Crippen LogP contribution in [0.15, 0.2) is 30.3 Å². The quantitative estimate of drug-likeness (QED) is 0.763. The summed E-state index contributed by atoms with van der Waals surface area (Å²) in [5.74, 6) is 0. The van der Waals surface area contributed by atoms with Gasteiger partial charge in [-0.25, -0.2) is 0 Å². The predicted octanol–water partition coefficient (Wildman–Crippen LogP) is 1.89. The summed E-state index contributed by atoms with van der Waals surface area (Å²) in [5.41, 5.74) is 1.22.